The van der Waals surface area contributed by atoms with Crippen LogP contribution in [0, 0.1) is 0 Å². The molecule has 0 aliphatic carbocycles. The number of nitrogens with one attached hydrogen (secondary N) is 1. The van der Waals surface area contributed by atoms with Gasteiger partial charge in [0.05, 0.1) is 16.2 Å². The lowest BCUT2D eigenvalue weighted by atomic mass is 10.1. The summed E-state index contributed by atoms with van der Waals surface area (Å²) >= 11 is 4.81. The lowest BCUT2D eigenvalue weighted by Crippen LogP contribution is -2.19. The fourth-order valence-corrected chi connectivity index (χ4v) is 2.93. The maximum atomic E-state index is 11.8. The van der Waals surface area contributed by atoms with Gasteiger partial charge in [0.1, 0.15) is 5.01 Å². The predicted molar refractivity (Wildman–Crippen MR) is 97.8 cm³/mol. The quantitative estimate of drug-likeness (QED) is 0.665. The first-order chi connectivity index (χ1) is 11.1. The molecule has 0 radical (unpaired) electrons. The molecule has 0 aliphatic heterocycles. The maximum Gasteiger partial charge on any atom is 0.237 e. The van der Waals surface area contributed by atoms with Crippen molar-refractivity contribution >= 4 is 38.9 Å². The lowest BCUT2D eigenvalue weighted by molar-refractivity contribution is -0.115. The third-order valence-electron chi connectivity index (χ3n) is 3.18. The number of alkyl halides is 1. The highest BCUT2D eigenvalue weighted by atomic mass is 79.9. The summed E-state index contributed by atoms with van der Waals surface area (Å²) in [4.78, 5) is 20.5. The van der Waals surface area contributed by atoms with Crippen LogP contribution < -0.4 is 5.32 Å². The minimum absolute atomic E-state index is 0.0744. The van der Waals surface area contributed by atoms with Crippen molar-refractivity contribution in [1.82, 2.24) is 9.97 Å². The Morgan fingerprint density at radius 2 is 2.09 bits per heavy atom. The van der Waals surface area contributed by atoms with Gasteiger partial charge < -0.3 is 5.32 Å². The molecule has 0 saturated heterocycles. The van der Waals surface area contributed by atoms with E-state index in [-0.39, 0.29) is 10.7 Å². The second kappa shape index (κ2) is 7.02. The van der Waals surface area contributed by atoms with Crippen LogP contribution in [0.15, 0.2) is 54.0 Å². The van der Waals surface area contributed by atoms with E-state index in [1.54, 1.807) is 24.5 Å². The normalized spacial score (nSPS) is 11.9. The number of pyridine rings is 1. The smallest absolute Gasteiger partial charge is 0.237 e. The van der Waals surface area contributed by atoms with Gasteiger partial charge in [0.15, 0.2) is 0 Å². The second-order valence-electron chi connectivity index (χ2n) is 4.94. The van der Waals surface area contributed by atoms with Crippen molar-refractivity contribution in [3.05, 3.63) is 54.0 Å². The molecule has 1 amide bonds. The number of hydrogen-bond donors (Lipinski definition) is 1. The Bertz CT molecular complexity index is 817. The molecule has 3 aromatic rings. The first kappa shape index (κ1) is 15.8. The molecule has 23 heavy (non-hydrogen) atoms. The van der Waals surface area contributed by atoms with Crippen LogP contribution in [-0.2, 0) is 4.79 Å². The second-order valence-corrected chi connectivity index (χ2v) is 7.17. The zero-order chi connectivity index (χ0) is 16.2. The minimum Gasteiger partial charge on any atom is -0.325 e. The summed E-state index contributed by atoms with van der Waals surface area (Å²) in [5.41, 5.74) is 3.45. The van der Waals surface area contributed by atoms with Crippen LogP contribution >= 0.6 is 27.3 Å². The van der Waals surface area contributed by atoms with Crippen molar-refractivity contribution < 1.29 is 4.79 Å². The third-order valence-corrected chi connectivity index (χ3v) is 4.46. The highest BCUT2D eigenvalue weighted by molar-refractivity contribution is 9.10. The molecule has 0 spiro atoms. The van der Waals surface area contributed by atoms with Crippen LogP contribution in [0.3, 0.4) is 0 Å². The summed E-state index contributed by atoms with van der Waals surface area (Å²) in [6.07, 6.45) is 1.76. The summed E-state index contributed by atoms with van der Waals surface area (Å²) in [7, 11) is 0. The summed E-state index contributed by atoms with van der Waals surface area (Å²) in [6, 6.07) is 13.4. The van der Waals surface area contributed by atoms with Gasteiger partial charge in [0.2, 0.25) is 5.91 Å². The SMILES string of the molecule is CC(Br)C(=O)Nc1cccc(-c2csc(-c3ccccn3)n2)c1. The van der Waals surface area contributed by atoms with Gasteiger partial charge in [-0.3, -0.25) is 9.78 Å². The molecule has 4 nitrogen and oxygen atoms in total. The van der Waals surface area contributed by atoms with Gasteiger partial charge in [-0.1, -0.05) is 34.1 Å². The minimum atomic E-state index is -0.235. The molecule has 1 unspecified atom stereocenters. The zero-order valence-corrected chi connectivity index (χ0v) is 14.8. The summed E-state index contributed by atoms with van der Waals surface area (Å²) < 4.78 is 0. The molecule has 1 atom stereocenters. The zero-order valence-electron chi connectivity index (χ0n) is 12.4. The average molecular weight is 388 g/mol. The van der Waals surface area contributed by atoms with Crippen LogP contribution in [0.1, 0.15) is 6.92 Å². The number of benzene rings is 1. The number of nitrogens with zero attached hydrogens (tertiary/aromatic N) is 2. The molecule has 0 fully saturated rings. The van der Waals surface area contributed by atoms with Crippen molar-refractivity contribution in [2.24, 2.45) is 0 Å². The number of anilines is 1. The summed E-state index contributed by atoms with van der Waals surface area (Å²) in [5.74, 6) is -0.0744. The molecule has 116 valence electrons. The number of thiazole rings is 1. The Labute approximate surface area is 146 Å². The van der Waals surface area contributed by atoms with Crippen molar-refractivity contribution in [1.29, 1.82) is 0 Å². The molecule has 0 aliphatic rings. The number of rotatable bonds is 4. The number of halogens is 1. The third kappa shape index (κ3) is 3.83. The van der Waals surface area contributed by atoms with Crippen LogP contribution in [0.4, 0.5) is 5.69 Å². The van der Waals surface area contributed by atoms with Crippen molar-refractivity contribution in [2.45, 2.75) is 11.8 Å². The number of carbonyl (C=O) groups is 1. The number of aromatic nitrogens is 2. The monoisotopic (exact) mass is 387 g/mol. The van der Waals surface area contributed by atoms with Crippen molar-refractivity contribution in [2.75, 3.05) is 5.32 Å². The standard InChI is InChI=1S/C17H14BrN3OS/c1-11(18)16(22)20-13-6-4-5-12(9-13)15-10-23-17(21-15)14-7-2-3-8-19-14/h2-11H,1H3,(H,20,22). The maximum absolute atomic E-state index is 11.8. The van der Waals surface area contributed by atoms with Gasteiger partial charge in [-0.25, -0.2) is 4.98 Å². The van der Waals surface area contributed by atoms with Crippen LogP contribution in [0.2, 0.25) is 0 Å². The number of amides is 1. The molecule has 0 saturated carbocycles. The van der Waals surface area contributed by atoms with Gasteiger partial charge in [0.25, 0.3) is 0 Å². The molecule has 0 bridgehead atoms. The Morgan fingerprint density at radius 1 is 1.22 bits per heavy atom. The van der Waals surface area contributed by atoms with E-state index in [1.807, 2.05) is 47.8 Å². The molecule has 1 aromatic carbocycles. The van der Waals surface area contributed by atoms with Crippen LogP contribution in [0.25, 0.3) is 22.0 Å². The van der Waals surface area contributed by atoms with Crippen molar-refractivity contribution in [3.8, 4) is 22.0 Å². The Morgan fingerprint density at radius 3 is 2.83 bits per heavy atom. The first-order valence-corrected chi connectivity index (χ1v) is 8.85. The molecular weight excluding hydrogens is 374 g/mol. The fraction of sp³-hybridized carbons (Fsp3) is 0.118. The van der Waals surface area contributed by atoms with E-state index < -0.39 is 0 Å². The van der Waals surface area contributed by atoms with E-state index in [2.05, 4.69) is 31.2 Å². The topological polar surface area (TPSA) is 54.9 Å². The molecule has 6 heteroatoms. The first-order valence-electron chi connectivity index (χ1n) is 7.06. The van der Waals surface area contributed by atoms with Gasteiger partial charge >= 0.3 is 0 Å². The van der Waals surface area contributed by atoms with Crippen LogP contribution in [-0.4, -0.2) is 20.7 Å². The van der Waals surface area contributed by atoms with Gasteiger partial charge in [-0.2, -0.15) is 0 Å². The van der Waals surface area contributed by atoms with Gasteiger partial charge in [-0.05, 0) is 31.2 Å². The van der Waals surface area contributed by atoms with Gasteiger partial charge in [0, 0.05) is 22.8 Å². The molecule has 1 N–H and O–H groups in total. The molecular formula is C17H14BrN3OS. The molecule has 2 aromatic heterocycles. The largest absolute Gasteiger partial charge is 0.325 e. The molecule has 2 heterocycles. The highest BCUT2D eigenvalue weighted by Gasteiger charge is 2.11. The van der Waals surface area contributed by atoms with Crippen molar-refractivity contribution in [3.63, 3.8) is 0 Å². The van der Waals surface area contributed by atoms with Crippen LogP contribution in [0.5, 0.6) is 0 Å². The molecule has 3 rings (SSSR count). The summed E-state index contributed by atoms with van der Waals surface area (Å²) in [6.45, 7) is 1.79. The van der Waals surface area contributed by atoms with E-state index in [0.29, 0.717) is 0 Å². The highest BCUT2D eigenvalue weighted by Crippen LogP contribution is 2.29. The Hall–Kier alpha value is -2.05. The number of hydrogen-bond acceptors (Lipinski definition) is 4. The predicted octanol–water partition coefficient (Wildman–Crippen LogP) is 4.59. The van der Waals surface area contributed by atoms with E-state index in [4.69, 9.17) is 0 Å². The Balaban J connectivity index is 1.85. The average Bonchev–Trinajstić information content (AvgIpc) is 3.06. The van der Waals surface area contributed by atoms with E-state index in [9.17, 15) is 4.79 Å². The number of carbonyl (C=O) groups excluding carboxylic acids is 1. The van der Waals surface area contributed by atoms with Gasteiger partial charge in [-0.15, -0.1) is 11.3 Å². The Kier molecular flexibility index (Phi) is 4.83. The lowest BCUT2D eigenvalue weighted by Gasteiger charge is -2.07. The van der Waals surface area contributed by atoms with E-state index in [1.165, 1.54) is 0 Å². The van der Waals surface area contributed by atoms with E-state index >= 15 is 0 Å². The van der Waals surface area contributed by atoms with E-state index in [0.717, 1.165) is 27.6 Å². The summed E-state index contributed by atoms with van der Waals surface area (Å²) in [5, 5.41) is 5.74. The fourth-order valence-electron chi connectivity index (χ4n) is 2.01.